The van der Waals surface area contributed by atoms with E-state index in [4.69, 9.17) is 25.9 Å². The maximum atomic E-state index is 12.1. The summed E-state index contributed by atoms with van der Waals surface area (Å²) in [5.41, 5.74) is -0.933. The lowest BCUT2D eigenvalue weighted by Gasteiger charge is -2.31. The second-order valence-electron chi connectivity index (χ2n) is 4.76. The number of azo groups is 1. The summed E-state index contributed by atoms with van der Waals surface area (Å²) in [4.78, 5) is 31.7. The molecule has 1 atom stereocenters. The summed E-state index contributed by atoms with van der Waals surface area (Å²) < 4.78 is 10.1. The van der Waals surface area contributed by atoms with E-state index in [-0.39, 0.29) is 24.1 Å². The SMILES string of the molecule is COC1=CC(OC)=NC(N=NC=O)N1OC(=O)C(C)(C)CCl. The molecule has 22 heavy (non-hydrogen) atoms. The zero-order chi connectivity index (χ0) is 16.8. The number of alkyl halides is 1. The van der Waals surface area contributed by atoms with E-state index in [2.05, 4.69) is 15.2 Å². The van der Waals surface area contributed by atoms with Crippen LogP contribution in [0.4, 0.5) is 0 Å². The minimum atomic E-state index is -1.14. The maximum Gasteiger partial charge on any atom is 0.339 e. The zero-order valence-corrected chi connectivity index (χ0v) is 13.4. The lowest BCUT2D eigenvalue weighted by Crippen LogP contribution is -2.42. The molecule has 0 bridgehead atoms. The number of rotatable bonds is 6. The maximum absolute atomic E-state index is 12.1. The monoisotopic (exact) mass is 332 g/mol. The predicted octanol–water partition coefficient (Wildman–Crippen LogP) is 1.45. The molecule has 1 aliphatic rings. The van der Waals surface area contributed by atoms with Gasteiger partial charge in [0.2, 0.25) is 11.8 Å². The normalized spacial score (nSPS) is 18.6. The van der Waals surface area contributed by atoms with Gasteiger partial charge in [0.1, 0.15) is 0 Å². The fraction of sp³-hybridized carbons (Fsp3) is 0.583. The molecule has 0 radical (unpaired) electrons. The average molecular weight is 333 g/mol. The Labute approximate surface area is 132 Å². The van der Waals surface area contributed by atoms with Crippen molar-refractivity contribution in [2.45, 2.75) is 20.1 Å². The van der Waals surface area contributed by atoms with Gasteiger partial charge in [-0.05, 0) is 13.8 Å². The first kappa shape index (κ1) is 17.9. The van der Waals surface area contributed by atoms with Crippen molar-refractivity contribution in [2.24, 2.45) is 20.6 Å². The number of aliphatic imine (C=N–C) groups is 1. The molecule has 122 valence electrons. The third kappa shape index (κ3) is 4.17. The van der Waals surface area contributed by atoms with Gasteiger partial charge in [0.05, 0.1) is 25.7 Å². The van der Waals surface area contributed by atoms with Crippen molar-refractivity contribution in [1.29, 1.82) is 0 Å². The van der Waals surface area contributed by atoms with Crippen LogP contribution in [-0.2, 0) is 23.9 Å². The minimum Gasteiger partial charge on any atom is -0.481 e. The molecule has 0 N–H and O–H groups in total. The van der Waals surface area contributed by atoms with Crippen LogP contribution < -0.4 is 0 Å². The topological polar surface area (TPSA) is 102 Å². The standard InChI is InChI=1S/C12H17ClN4O5/c1-12(2,6-13)10(19)22-17-9(21-4)5-8(20-3)15-11(17)16-14-7-18/h5,7,11H,6H2,1-4H3. The first-order valence-corrected chi connectivity index (χ1v) is 6.71. The number of hydrogen-bond donors (Lipinski definition) is 0. The number of nitrogens with zero attached hydrogens (tertiary/aromatic N) is 4. The quantitative estimate of drug-likeness (QED) is 0.414. The van der Waals surface area contributed by atoms with E-state index < -0.39 is 17.7 Å². The van der Waals surface area contributed by atoms with E-state index in [0.717, 1.165) is 5.06 Å². The molecule has 1 amide bonds. The molecule has 0 saturated heterocycles. The molecule has 9 nitrogen and oxygen atoms in total. The van der Waals surface area contributed by atoms with Gasteiger partial charge in [0.25, 0.3) is 12.7 Å². The van der Waals surface area contributed by atoms with Crippen molar-refractivity contribution >= 4 is 29.9 Å². The van der Waals surface area contributed by atoms with Gasteiger partial charge in [-0.3, -0.25) is 4.79 Å². The number of amides is 1. The second kappa shape index (κ2) is 7.74. The van der Waals surface area contributed by atoms with E-state index in [1.165, 1.54) is 20.3 Å². The molecule has 1 aliphatic heterocycles. The van der Waals surface area contributed by atoms with E-state index in [0.29, 0.717) is 0 Å². The van der Waals surface area contributed by atoms with Crippen LogP contribution in [0.2, 0.25) is 0 Å². The summed E-state index contributed by atoms with van der Waals surface area (Å²) in [5.74, 6) is -0.275. The van der Waals surface area contributed by atoms with Crippen LogP contribution in [0.3, 0.4) is 0 Å². The Balaban J connectivity index is 3.08. The van der Waals surface area contributed by atoms with Crippen molar-refractivity contribution in [2.75, 3.05) is 20.1 Å². The van der Waals surface area contributed by atoms with Crippen LogP contribution in [-0.4, -0.2) is 49.7 Å². The number of ether oxygens (including phenoxy) is 2. The molecule has 0 aliphatic carbocycles. The van der Waals surface area contributed by atoms with Crippen LogP contribution in [0.25, 0.3) is 0 Å². The van der Waals surface area contributed by atoms with Gasteiger partial charge in [-0.15, -0.1) is 26.9 Å². The Morgan fingerprint density at radius 3 is 2.68 bits per heavy atom. The van der Waals surface area contributed by atoms with Gasteiger partial charge in [0.15, 0.2) is 0 Å². The Hall–Kier alpha value is -2.16. The Kier molecular flexibility index (Phi) is 6.29. The Morgan fingerprint density at radius 1 is 1.50 bits per heavy atom. The highest BCUT2D eigenvalue weighted by molar-refractivity contribution is 6.19. The van der Waals surface area contributed by atoms with Gasteiger partial charge in [-0.1, -0.05) is 0 Å². The third-order valence-electron chi connectivity index (χ3n) is 2.62. The molecule has 0 aromatic rings. The van der Waals surface area contributed by atoms with Crippen molar-refractivity contribution in [3.63, 3.8) is 0 Å². The smallest absolute Gasteiger partial charge is 0.339 e. The Bertz CT molecular complexity index is 518. The van der Waals surface area contributed by atoms with E-state index in [1.54, 1.807) is 13.8 Å². The fourth-order valence-electron chi connectivity index (χ4n) is 1.27. The van der Waals surface area contributed by atoms with Crippen molar-refractivity contribution in [3.05, 3.63) is 12.0 Å². The summed E-state index contributed by atoms with van der Waals surface area (Å²) in [7, 11) is 2.76. The molecule has 0 saturated carbocycles. The molecular formula is C12H17ClN4O5. The summed E-state index contributed by atoms with van der Waals surface area (Å²) in [6.07, 6.45) is 0.485. The van der Waals surface area contributed by atoms with Gasteiger partial charge in [-0.2, -0.15) is 4.99 Å². The highest BCUT2D eigenvalue weighted by Crippen LogP contribution is 2.25. The van der Waals surface area contributed by atoms with Crippen LogP contribution in [0.15, 0.2) is 27.2 Å². The number of hydroxylamine groups is 2. The lowest BCUT2D eigenvalue weighted by molar-refractivity contribution is -0.211. The largest absolute Gasteiger partial charge is 0.481 e. The number of hydrogen-bond acceptors (Lipinski definition) is 8. The van der Waals surface area contributed by atoms with Crippen LogP contribution in [0.1, 0.15) is 13.8 Å². The van der Waals surface area contributed by atoms with Crippen molar-refractivity contribution in [3.8, 4) is 0 Å². The molecule has 1 heterocycles. The van der Waals surface area contributed by atoms with Crippen LogP contribution in [0, 0.1) is 5.41 Å². The number of halogens is 1. The van der Waals surface area contributed by atoms with Gasteiger partial charge in [0, 0.05) is 5.88 Å². The van der Waals surface area contributed by atoms with Gasteiger partial charge in [-0.25, -0.2) is 4.79 Å². The molecule has 1 unspecified atom stereocenters. The van der Waals surface area contributed by atoms with Crippen LogP contribution in [0.5, 0.6) is 0 Å². The highest BCUT2D eigenvalue weighted by Gasteiger charge is 2.36. The summed E-state index contributed by atoms with van der Waals surface area (Å²) in [5, 5.41) is 7.82. The number of carbonyl (C=O) groups is 2. The molecule has 1 rings (SSSR count). The van der Waals surface area contributed by atoms with E-state index in [1.807, 2.05) is 0 Å². The van der Waals surface area contributed by atoms with Crippen molar-refractivity contribution < 1.29 is 23.9 Å². The molecule has 0 spiro atoms. The molecular weight excluding hydrogens is 316 g/mol. The minimum absolute atomic E-state index is 0.0544. The van der Waals surface area contributed by atoms with Gasteiger partial charge >= 0.3 is 5.97 Å². The van der Waals surface area contributed by atoms with E-state index >= 15 is 0 Å². The number of carbonyl (C=O) groups excluding carboxylic acids is 2. The average Bonchev–Trinajstić information content (AvgIpc) is 2.53. The second-order valence-corrected chi connectivity index (χ2v) is 5.03. The van der Waals surface area contributed by atoms with Crippen molar-refractivity contribution in [1.82, 2.24) is 5.06 Å². The van der Waals surface area contributed by atoms with Crippen LogP contribution >= 0.6 is 11.6 Å². The first-order chi connectivity index (χ1) is 10.4. The molecule has 0 aromatic heterocycles. The zero-order valence-electron chi connectivity index (χ0n) is 12.6. The van der Waals surface area contributed by atoms with Gasteiger partial charge < -0.3 is 14.3 Å². The van der Waals surface area contributed by atoms with E-state index in [9.17, 15) is 9.59 Å². The Morgan fingerprint density at radius 2 is 2.18 bits per heavy atom. The predicted molar refractivity (Wildman–Crippen MR) is 76.7 cm³/mol. The highest BCUT2D eigenvalue weighted by atomic mass is 35.5. The first-order valence-electron chi connectivity index (χ1n) is 6.18. The third-order valence-corrected chi connectivity index (χ3v) is 3.29. The summed E-state index contributed by atoms with van der Waals surface area (Å²) >= 11 is 5.74. The lowest BCUT2D eigenvalue weighted by atomic mass is 9.97. The molecule has 0 aromatic carbocycles. The molecule has 0 fully saturated rings. The summed E-state index contributed by atoms with van der Waals surface area (Å²) in [6.45, 7) is 3.24. The fourth-order valence-corrected chi connectivity index (χ4v) is 1.38. The molecule has 10 heteroatoms. The number of methoxy groups -OCH3 is 2. The summed E-state index contributed by atoms with van der Waals surface area (Å²) in [6, 6.07) is 0.